The van der Waals surface area contributed by atoms with Crippen molar-refractivity contribution in [1.29, 1.82) is 0 Å². The van der Waals surface area contributed by atoms with Gasteiger partial charge in [0, 0.05) is 24.1 Å². The van der Waals surface area contributed by atoms with Crippen LogP contribution in [-0.2, 0) is 16.0 Å². The Hall–Kier alpha value is -3.79. The van der Waals surface area contributed by atoms with Crippen LogP contribution in [0.15, 0.2) is 53.1 Å². The topological polar surface area (TPSA) is 93.5 Å². The molecule has 0 radical (unpaired) electrons. The molecule has 0 aliphatic rings. The maximum Gasteiger partial charge on any atom is 0.226 e. The molecule has 1 heterocycles. The van der Waals surface area contributed by atoms with Crippen LogP contribution < -0.4 is 15.4 Å². The molecule has 0 bridgehead atoms. The summed E-state index contributed by atoms with van der Waals surface area (Å²) in [6.07, 6.45) is 0.130. The monoisotopic (exact) mass is 377 g/mol. The number of hydrogen-bond donors (Lipinski definition) is 2. The van der Waals surface area contributed by atoms with Crippen molar-refractivity contribution in [2.75, 3.05) is 18.5 Å². The lowest BCUT2D eigenvalue weighted by Crippen LogP contribution is -2.25. The molecule has 2 N–H and O–H groups in total. The zero-order chi connectivity index (χ0) is 19.8. The molecule has 0 spiro atoms. The van der Waals surface area contributed by atoms with E-state index in [-0.39, 0.29) is 31.4 Å². The number of nitrogens with one attached hydrogen (secondary N) is 2. The highest BCUT2D eigenvalue weighted by atomic mass is 16.5. The van der Waals surface area contributed by atoms with Crippen molar-refractivity contribution >= 4 is 28.5 Å². The van der Waals surface area contributed by atoms with Gasteiger partial charge in [-0.2, -0.15) is 0 Å². The lowest BCUT2D eigenvalue weighted by Gasteiger charge is -2.05. The molecule has 2 amide bonds. The highest BCUT2D eigenvalue weighted by Gasteiger charge is 2.11. The molecule has 0 aliphatic carbocycles. The van der Waals surface area contributed by atoms with Gasteiger partial charge in [-0.3, -0.25) is 9.59 Å². The van der Waals surface area contributed by atoms with Crippen LogP contribution in [0.3, 0.4) is 0 Å². The van der Waals surface area contributed by atoms with Gasteiger partial charge in [0.1, 0.15) is 18.1 Å². The zero-order valence-corrected chi connectivity index (χ0v) is 15.3. The first-order valence-electron chi connectivity index (χ1n) is 8.68. The lowest BCUT2D eigenvalue weighted by atomic mass is 10.1. The molecule has 3 rings (SSSR count). The Bertz CT molecular complexity index is 1050. The van der Waals surface area contributed by atoms with Crippen LogP contribution in [0.2, 0.25) is 0 Å². The number of benzene rings is 2. The Morgan fingerprint density at radius 3 is 2.86 bits per heavy atom. The number of hydrogen-bond acceptors (Lipinski definition) is 5. The van der Waals surface area contributed by atoms with Crippen molar-refractivity contribution in [2.45, 2.75) is 13.3 Å². The van der Waals surface area contributed by atoms with Crippen molar-refractivity contribution in [1.82, 2.24) is 10.5 Å². The Labute approximate surface area is 162 Å². The van der Waals surface area contributed by atoms with Gasteiger partial charge in [0.25, 0.3) is 0 Å². The number of aromatic nitrogens is 1. The smallest absolute Gasteiger partial charge is 0.226 e. The molecule has 0 aliphatic heterocycles. The fraction of sp³-hybridized carbons (Fsp3) is 0.190. The van der Waals surface area contributed by atoms with Gasteiger partial charge in [0.05, 0.1) is 13.0 Å². The molecular formula is C21H19N3O4. The minimum atomic E-state index is -0.183. The maximum atomic E-state index is 12.0. The van der Waals surface area contributed by atoms with Crippen LogP contribution in [0.25, 0.3) is 11.0 Å². The van der Waals surface area contributed by atoms with Crippen molar-refractivity contribution in [3.63, 3.8) is 0 Å². The summed E-state index contributed by atoms with van der Waals surface area (Å²) in [6, 6.07) is 14.4. The number of fused-ring (bicyclic) bond motifs is 1. The van der Waals surface area contributed by atoms with Gasteiger partial charge in [0.2, 0.25) is 11.8 Å². The highest BCUT2D eigenvalue weighted by Crippen LogP contribution is 2.18. The number of rotatable bonds is 6. The van der Waals surface area contributed by atoms with Gasteiger partial charge in [-0.25, -0.2) is 0 Å². The minimum Gasteiger partial charge on any atom is -0.481 e. The molecule has 28 heavy (non-hydrogen) atoms. The van der Waals surface area contributed by atoms with Crippen molar-refractivity contribution in [2.24, 2.45) is 0 Å². The number of amides is 2. The van der Waals surface area contributed by atoms with E-state index >= 15 is 0 Å². The van der Waals surface area contributed by atoms with E-state index in [9.17, 15) is 9.59 Å². The first-order valence-corrected chi connectivity index (χ1v) is 8.68. The third kappa shape index (κ3) is 5.35. The van der Waals surface area contributed by atoms with E-state index < -0.39 is 0 Å². The van der Waals surface area contributed by atoms with E-state index in [4.69, 9.17) is 9.26 Å². The molecular weight excluding hydrogens is 358 g/mol. The van der Waals surface area contributed by atoms with E-state index in [0.29, 0.717) is 22.7 Å². The van der Waals surface area contributed by atoms with Crippen molar-refractivity contribution in [3.8, 4) is 17.6 Å². The molecule has 1 aromatic heterocycles. The first kappa shape index (κ1) is 19.0. The first-order chi connectivity index (χ1) is 13.6. The van der Waals surface area contributed by atoms with Crippen LogP contribution >= 0.6 is 0 Å². The second-order valence-corrected chi connectivity index (χ2v) is 5.93. The van der Waals surface area contributed by atoms with Crippen LogP contribution in [0, 0.1) is 11.8 Å². The minimum absolute atomic E-state index is 0.130. The number of nitrogens with zero attached hydrogens (tertiary/aromatic N) is 1. The molecule has 7 heteroatoms. The highest BCUT2D eigenvalue weighted by molar-refractivity contribution is 5.88. The third-order valence-corrected chi connectivity index (χ3v) is 3.74. The second kappa shape index (κ2) is 9.24. The average Bonchev–Trinajstić information content (AvgIpc) is 3.07. The molecule has 2 aromatic carbocycles. The van der Waals surface area contributed by atoms with Crippen LogP contribution in [0.4, 0.5) is 5.69 Å². The lowest BCUT2D eigenvalue weighted by molar-refractivity contribution is -0.120. The van der Waals surface area contributed by atoms with E-state index in [2.05, 4.69) is 27.6 Å². The van der Waals surface area contributed by atoms with E-state index in [1.54, 1.807) is 30.3 Å². The van der Waals surface area contributed by atoms with E-state index in [1.807, 2.05) is 18.2 Å². The molecule has 7 nitrogen and oxygen atoms in total. The second-order valence-electron chi connectivity index (χ2n) is 5.93. The largest absolute Gasteiger partial charge is 0.481 e. The molecule has 0 unspecified atom stereocenters. The Morgan fingerprint density at radius 2 is 2.00 bits per heavy atom. The Balaban J connectivity index is 1.41. The summed E-state index contributed by atoms with van der Waals surface area (Å²) in [6.45, 7) is 1.83. The zero-order valence-electron chi connectivity index (χ0n) is 15.3. The van der Waals surface area contributed by atoms with Crippen molar-refractivity contribution in [3.05, 3.63) is 54.2 Å². The van der Waals surface area contributed by atoms with Gasteiger partial charge in [-0.15, -0.1) is 0 Å². The van der Waals surface area contributed by atoms with Gasteiger partial charge in [0.15, 0.2) is 5.58 Å². The van der Waals surface area contributed by atoms with E-state index in [0.717, 1.165) is 5.39 Å². The standard InChI is InChI=1S/C21H19N3O4/c1-15(25)23-16-7-6-8-17(13-16)27-12-5-4-11-22-21(26)14-19-18-9-2-3-10-20(18)28-24-19/h2-3,6-10,13H,11-12,14H2,1H3,(H,22,26)(H,23,25). The number of carbonyl (C=O) groups is 2. The fourth-order valence-electron chi connectivity index (χ4n) is 2.52. The number of ether oxygens (including phenoxy) is 1. The van der Waals surface area contributed by atoms with E-state index in [1.165, 1.54) is 6.92 Å². The molecule has 0 saturated heterocycles. The molecule has 0 atom stereocenters. The van der Waals surface area contributed by atoms with Crippen LogP contribution in [0.5, 0.6) is 5.75 Å². The predicted molar refractivity (Wildman–Crippen MR) is 105 cm³/mol. The maximum absolute atomic E-state index is 12.0. The summed E-state index contributed by atoms with van der Waals surface area (Å²) in [4.78, 5) is 23.1. The van der Waals surface area contributed by atoms with Crippen LogP contribution in [-0.4, -0.2) is 30.1 Å². The normalized spacial score (nSPS) is 10.0. The quantitative estimate of drug-likeness (QED) is 0.644. The fourth-order valence-corrected chi connectivity index (χ4v) is 2.52. The summed E-state index contributed by atoms with van der Waals surface area (Å²) in [5.41, 5.74) is 1.92. The molecule has 0 fully saturated rings. The van der Waals surface area contributed by atoms with Gasteiger partial charge in [-0.1, -0.05) is 35.2 Å². The summed E-state index contributed by atoms with van der Waals surface area (Å²) in [7, 11) is 0. The number of carbonyl (C=O) groups excluding carboxylic acids is 2. The summed E-state index contributed by atoms with van der Waals surface area (Å²) in [5.74, 6) is 5.93. The van der Waals surface area contributed by atoms with Crippen LogP contribution in [0.1, 0.15) is 12.6 Å². The Morgan fingerprint density at radius 1 is 1.14 bits per heavy atom. The van der Waals surface area contributed by atoms with Gasteiger partial charge < -0.3 is 19.9 Å². The summed E-state index contributed by atoms with van der Waals surface area (Å²) >= 11 is 0. The summed E-state index contributed by atoms with van der Waals surface area (Å²) in [5, 5.41) is 10.2. The third-order valence-electron chi connectivity index (χ3n) is 3.74. The van der Waals surface area contributed by atoms with Gasteiger partial charge in [-0.05, 0) is 24.3 Å². The summed E-state index contributed by atoms with van der Waals surface area (Å²) < 4.78 is 10.7. The van der Waals surface area contributed by atoms with Gasteiger partial charge >= 0.3 is 0 Å². The molecule has 0 saturated carbocycles. The predicted octanol–water partition coefficient (Wildman–Crippen LogP) is 2.53. The average molecular weight is 377 g/mol. The Kier molecular flexibility index (Phi) is 6.26. The molecule has 3 aromatic rings. The molecule has 142 valence electrons. The SMILES string of the molecule is CC(=O)Nc1cccc(OCC#CCNC(=O)Cc2noc3ccccc23)c1. The number of para-hydroxylation sites is 1. The number of anilines is 1. The van der Waals surface area contributed by atoms with Crippen molar-refractivity contribution < 1.29 is 18.8 Å².